The molecule has 2 N–H and O–H groups in total. The minimum atomic E-state index is -4.00. The minimum absolute atomic E-state index is 0.00822. The van der Waals surface area contributed by atoms with E-state index in [1.54, 1.807) is 0 Å². The van der Waals surface area contributed by atoms with Crippen LogP contribution in [0.25, 0.3) is 0 Å². The van der Waals surface area contributed by atoms with Gasteiger partial charge in [-0.15, -0.1) is 0 Å². The molecule has 0 heterocycles. The number of rotatable bonds is 13. The van der Waals surface area contributed by atoms with Crippen LogP contribution in [-0.2, 0) is 26.7 Å². The number of hydrogen-bond donors (Lipinski definition) is 2. The predicted molar refractivity (Wildman–Crippen MR) is 172 cm³/mol. The van der Waals surface area contributed by atoms with Crippen LogP contribution in [0.3, 0.4) is 0 Å². The van der Waals surface area contributed by atoms with E-state index in [-0.39, 0.29) is 30.1 Å². The highest BCUT2D eigenvalue weighted by Gasteiger charge is 2.23. The van der Waals surface area contributed by atoms with Gasteiger partial charge in [-0.25, -0.2) is 0 Å². The highest BCUT2D eigenvalue weighted by molar-refractivity contribution is 7.85. The van der Waals surface area contributed by atoms with E-state index in [2.05, 4.69) is 38.2 Å². The second-order valence-electron chi connectivity index (χ2n) is 12.6. The van der Waals surface area contributed by atoms with E-state index >= 15 is 0 Å². The predicted octanol–water partition coefficient (Wildman–Crippen LogP) is 7.56. The smallest absolute Gasteiger partial charge is 0.264 e. The van der Waals surface area contributed by atoms with Crippen LogP contribution in [0.5, 0.6) is 11.5 Å². The third kappa shape index (κ3) is 10.7. The van der Waals surface area contributed by atoms with Crippen molar-refractivity contribution in [1.82, 2.24) is 0 Å². The molecule has 0 radical (unpaired) electrons. The molecule has 1 atom stereocenters. The zero-order valence-corrected chi connectivity index (χ0v) is 26.4. The van der Waals surface area contributed by atoms with Gasteiger partial charge in [-0.1, -0.05) is 76.4 Å². The van der Waals surface area contributed by atoms with E-state index in [1.165, 1.54) is 37.7 Å². The van der Waals surface area contributed by atoms with E-state index in [0.717, 1.165) is 29.2 Å². The summed E-state index contributed by atoms with van der Waals surface area (Å²) in [6.45, 7) is 7.42. The highest BCUT2D eigenvalue weighted by Crippen LogP contribution is 2.29. The maximum absolute atomic E-state index is 13.7. The molecule has 1 aliphatic rings. The summed E-state index contributed by atoms with van der Waals surface area (Å²) >= 11 is 0. The molecule has 1 aliphatic carbocycles. The number of carbonyl (C=O) groups excluding carboxylic acids is 1. The van der Waals surface area contributed by atoms with Crippen molar-refractivity contribution in [1.29, 1.82) is 0 Å². The van der Waals surface area contributed by atoms with E-state index in [9.17, 15) is 13.2 Å². The van der Waals surface area contributed by atoms with Gasteiger partial charge >= 0.3 is 0 Å². The lowest BCUT2D eigenvalue weighted by Gasteiger charge is -2.22. The Balaban J connectivity index is 1.42. The van der Waals surface area contributed by atoms with Gasteiger partial charge in [-0.3, -0.25) is 9.35 Å². The Morgan fingerprint density at radius 2 is 1.49 bits per heavy atom. The Labute approximate surface area is 256 Å². The molecule has 4 rings (SSSR count). The Hall–Kier alpha value is -3.36. The summed E-state index contributed by atoms with van der Waals surface area (Å²) in [7, 11) is -4.00. The molecule has 0 saturated heterocycles. The normalized spacial score (nSPS) is 15.1. The van der Waals surface area contributed by atoms with Gasteiger partial charge in [0, 0.05) is 5.69 Å². The lowest BCUT2D eigenvalue weighted by atomic mass is 9.84. The molecule has 1 saturated carbocycles. The first-order chi connectivity index (χ1) is 20.5. The molecule has 8 heteroatoms. The average molecular weight is 608 g/mol. The number of hydrogen-bond acceptors (Lipinski definition) is 5. The third-order valence-corrected chi connectivity index (χ3v) is 8.81. The van der Waals surface area contributed by atoms with Crippen LogP contribution in [0.4, 0.5) is 5.69 Å². The van der Waals surface area contributed by atoms with Gasteiger partial charge in [0.1, 0.15) is 11.5 Å². The van der Waals surface area contributed by atoms with Gasteiger partial charge in [0.15, 0.2) is 0 Å². The van der Waals surface area contributed by atoms with E-state index in [4.69, 9.17) is 14.0 Å². The lowest BCUT2D eigenvalue weighted by Crippen LogP contribution is -2.23. The molecule has 1 amide bonds. The summed E-state index contributed by atoms with van der Waals surface area (Å²) in [4.78, 5) is 13.7. The summed E-state index contributed by atoms with van der Waals surface area (Å²) in [6.07, 6.45) is 7.06. The summed E-state index contributed by atoms with van der Waals surface area (Å²) in [5, 5.41) is 3.11. The summed E-state index contributed by atoms with van der Waals surface area (Å²) in [6, 6.07) is 23.3. The first-order valence-electron chi connectivity index (χ1n) is 15.3. The van der Waals surface area contributed by atoms with Crippen LogP contribution < -0.4 is 14.8 Å². The quantitative estimate of drug-likeness (QED) is 0.154. The maximum Gasteiger partial charge on any atom is 0.264 e. The molecule has 43 heavy (non-hydrogen) atoms. The van der Waals surface area contributed by atoms with Crippen molar-refractivity contribution in [2.75, 3.05) is 24.3 Å². The fourth-order valence-corrected chi connectivity index (χ4v) is 5.88. The van der Waals surface area contributed by atoms with Crippen molar-refractivity contribution >= 4 is 21.7 Å². The van der Waals surface area contributed by atoms with Gasteiger partial charge in [-0.05, 0) is 90.1 Å². The molecule has 7 nitrogen and oxygen atoms in total. The molecule has 232 valence electrons. The van der Waals surface area contributed by atoms with Gasteiger partial charge in [0.2, 0.25) is 5.91 Å². The maximum atomic E-state index is 13.7. The van der Waals surface area contributed by atoms with Crippen molar-refractivity contribution in [2.24, 2.45) is 5.92 Å². The number of amides is 1. The fourth-order valence-electron chi connectivity index (χ4n) is 5.40. The third-order valence-electron chi connectivity index (χ3n) is 8.01. The van der Waals surface area contributed by atoms with Crippen molar-refractivity contribution in [3.63, 3.8) is 0 Å². The number of ether oxygens (including phenoxy) is 2. The molecule has 1 fully saturated rings. The van der Waals surface area contributed by atoms with Crippen LogP contribution in [-0.4, -0.2) is 37.8 Å². The molecule has 0 bridgehead atoms. The number of carbonyl (C=O) groups is 1. The van der Waals surface area contributed by atoms with Crippen LogP contribution >= 0.6 is 0 Å². The van der Waals surface area contributed by atoms with Crippen molar-refractivity contribution in [2.45, 2.75) is 77.0 Å². The molecule has 3 aromatic rings. The molecule has 0 aromatic heterocycles. The SMILES string of the molecule is CC(C)(C)c1ccc(C(Cc2ccc(OCCCS(=O)(=O)O)cc2)C(=O)Nc2ccc(OCC3CCCCC3)cc2)cc1. The van der Waals surface area contributed by atoms with Crippen molar-refractivity contribution in [3.8, 4) is 11.5 Å². The zero-order chi connectivity index (χ0) is 30.9. The Morgan fingerprint density at radius 1 is 0.884 bits per heavy atom. The van der Waals surface area contributed by atoms with Crippen molar-refractivity contribution in [3.05, 3.63) is 89.5 Å². The highest BCUT2D eigenvalue weighted by atomic mass is 32.2. The van der Waals surface area contributed by atoms with Crippen molar-refractivity contribution < 1.29 is 27.2 Å². The second kappa shape index (κ2) is 14.9. The summed E-state index contributed by atoms with van der Waals surface area (Å²) in [5.74, 6) is 1.19. The Morgan fingerprint density at radius 3 is 2.09 bits per heavy atom. The van der Waals surface area contributed by atoms with E-state index in [1.807, 2.05) is 60.7 Å². The summed E-state index contributed by atoms with van der Waals surface area (Å²) < 4.78 is 42.3. The molecule has 0 aliphatic heterocycles. The van der Waals surface area contributed by atoms with Gasteiger partial charge in [0.05, 0.1) is 24.9 Å². The van der Waals surface area contributed by atoms with Gasteiger partial charge < -0.3 is 14.8 Å². The number of benzene rings is 3. The second-order valence-corrected chi connectivity index (χ2v) is 14.2. The fraction of sp³-hybridized carbons (Fsp3) is 0.457. The van der Waals surface area contributed by atoms with Crippen LogP contribution in [0.15, 0.2) is 72.8 Å². The number of anilines is 1. The zero-order valence-electron chi connectivity index (χ0n) is 25.6. The van der Waals surface area contributed by atoms with Crippen LogP contribution in [0, 0.1) is 5.92 Å². The molecule has 0 spiro atoms. The van der Waals surface area contributed by atoms with Gasteiger partial charge in [-0.2, -0.15) is 8.42 Å². The Bertz CT molecular complexity index is 1410. The monoisotopic (exact) mass is 607 g/mol. The average Bonchev–Trinajstić information content (AvgIpc) is 2.98. The first kappa shape index (κ1) is 32.6. The van der Waals surface area contributed by atoms with Gasteiger partial charge in [0.25, 0.3) is 10.1 Å². The lowest BCUT2D eigenvalue weighted by molar-refractivity contribution is -0.117. The van der Waals surface area contributed by atoms with Crippen LogP contribution in [0.2, 0.25) is 0 Å². The molecular weight excluding hydrogens is 562 g/mol. The van der Waals surface area contributed by atoms with E-state index in [0.29, 0.717) is 18.1 Å². The molecule has 1 unspecified atom stereocenters. The first-order valence-corrected chi connectivity index (χ1v) is 16.9. The minimum Gasteiger partial charge on any atom is -0.494 e. The van der Waals surface area contributed by atoms with E-state index < -0.39 is 16.0 Å². The number of nitrogens with one attached hydrogen (secondary N) is 1. The molecular formula is C35H45NO6S. The topological polar surface area (TPSA) is 102 Å². The standard InChI is InChI=1S/C35H45NO6S/c1-35(2,3)29-14-12-28(13-15-29)33(24-26-10-18-31(19-11-26)41-22-7-23-43(38,39)40)34(37)36-30-16-20-32(21-17-30)42-25-27-8-5-4-6-9-27/h10-21,27,33H,4-9,22-25H2,1-3H3,(H,36,37)(H,38,39,40). The summed E-state index contributed by atoms with van der Waals surface area (Å²) in [5.41, 5.74) is 3.84. The van der Waals surface area contributed by atoms with Crippen LogP contribution in [0.1, 0.15) is 81.9 Å². The molecule has 3 aromatic carbocycles. The largest absolute Gasteiger partial charge is 0.494 e. The Kier molecular flexibility index (Phi) is 11.3.